The Morgan fingerprint density at radius 2 is 2.29 bits per heavy atom. The molecule has 1 aromatic carbocycles. The molecule has 3 nitrogen and oxygen atoms in total. The van der Waals surface area contributed by atoms with E-state index < -0.39 is 0 Å². The molecule has 0 spiro atoms. The van der Waals surface area contributed by atoms with Crippen LogP contribution in [-0.2, 0) is 4.74 Å². The summed E-state index contributed by atoms with van der Waals surface area (Å²) in [5, 5.41) is 0. The van der Waals surface area contributed by atoms with Gasteiger partial charge >= 0.3 is 0 Å². The van der Waals surface area contributed by atoms with Crippen molar-refractivity contribution in [3.05, 3.63) is 23.8 Å². The summed E-state index contributed by atoms with van der Waals surface area (Å²) in [5.41, 5.74) is 9.20. The van der Waals surface area contributed by atoms with Crippen LogP contribution in [0.4, 0.5) is 11.4 Å². The van der Waals surface area contributed by atoms with E-state index in [0.717, 1.165) is 30.9 Å². The Labute approximate surface area is 104 Å². The van der Waals surface area contributed by atoms with Crippen LogP contribution in [0.2, 0.25) is 0 Å². The minimum atomic E-state index is 0.372. The van der Waals surface area contributed by atoms with E-state index in [1.165, 1.54) is 18.5 Å². The summed E-state index contributed by atoms with van der Waals surface area (Å²) in [6.45, 7) is 6.98. The van der Waals surface area contributed by atoms with E-state index in [0.29, 0.717) is 6.10 Å². The van der Waals surface area contributed by atoms with Crippen LogP contribution in [-0.4, -0.2) is 25.8 Å². The highest BCUT2D eigenvalue weighted by molar-refractivity contribution is 5.59. The molecule has 0 aliphatic carbocycles. The second kappa shape index (κ2) is 5.41. The van der Waals surface area contributed by atoms with E-state index >= 15 is 0 Å². The van der Waals surface area contributed by atoms with Crippen molar-refractivity contribution in [1.29, 1.82) is 0 Å². The molecule has 2 rings (SSSR count). The first-order valence-corrected chi connectivity index (χ1v) is 6.43. The van der Waals surface area contributed by atoms with E-state index in [1.807, 2.05) is 6.92 Å². The van der Waals surface area contributed by atoms with Gasteiger partial charge in [0, 0.05) is 31.1 Å². The maximum Gasteiger partial charge on any atom is 0.0750 e. The summed E-state index contributed by atoms with van der Waals surface area (Å²) < 4.78 is 5.72. The van der Waals surface area contributed by atoms with Crippen LogP contribution in [0.15, 0.2) is 18.2 Å². The van der Waals surface area contributed by atoms with Gasteiger partial charge in [0.05, 0.1) is 6.10 Å². The highest BCUT2D eigenvalue weighted by Crippen LogP contribution is 2.24. The van der Waals surface area contributed by atoms with Gasteiger partial charge in [-0.25, -0.2) is 0 Å². The number of anilines is 2. The van der Waals surface area contributed by atoms with Gasteiger partial charge in [-0.1, -0.05) is 6.07 Å². The van der Waals surface area contributed by atoms with Gasteiger partial charge in [-0.15, -0.1) is 0 Å². The topological polar surface area (TPSA) is 38.5 Å². The first-order valence-electron chi connectivity index (χ1n) is 6.43. The molecule has 1 aromatic rings. The summed E-state index contributed by atoms with van der Waals surface area (Å²) >= 11 is 0. The fourth-order valence-corrected chi connectivity index (χ4v) is 2.37. The van der Waals surface area contributed by atoms with Crippen LogP contribution in [0.1, 0.15) is 25.3 Å². The number of aryl methyl sites for hydroxylation is 1. The van der Waals surface area contributed by atoms with Crippen molar-refractivity contribution in [2.75, 3.05) is 30.3 Å². The van der Waals surface area contributed by atoms with Crippen molar-refractivity contribution in [1.82, 2.24) is 0 Å². The molecule has 0 bridgehead atoms. The predicted molar refractivity (Wildman–Crippen MR) is 72.5 cm³/mol. The number of benzene rings is 1. The minimum Gasteiger partial charge on any atom is -0.398 e. The third-order valence-corrected chi connectivity index (χ3v) is 3.41. The van der Waals surface area contributed by atoms with E-state index in [1.54, 1.807) is 0 Å². The number of rotatable bonds is 3. The number of nitrogens with zero attached hydrogens (tertiary/aromatic N) is 1. The van der Waals surface area contributed by atoms with Gasteiger partial charge < -0.3 is 15.4 Å². The zero-order chi connectivity index (χ0) is 12.3. The summed E-state index contributed by atoms with van der Waals surface area (Å²) in [6, 6.07) is 6.32. The zero-order valence-electron chi connectivity index (χ0n) is 10.8. The molecule has 2 N–H and O–H groups in total. The molecule has 0 radical (unpaired) electrons. The molecule has 94 valence electrons. The molecular weight excluding hydrogens is 212 g/mol. The molecule has 0 amide bonds. The van der Waals surface area contributed by atoms with Crippen molar-refractivity contribution in [2.24, 2.45) is 0 Å². The highest BCUT2D eigenvalue weighted by atomic mass is 16.5. The van der Waals surface area contributed by atoms with Crippen molar-refractivity contribution in [2.45, 2.75) is 32.8 Å². The highest BCUT2D eigenvalue weighted by Gasteiger charge is 2.20. The third kappa shape index (κ3) is 2.91. The van der Waals surface area contributed by atoms with Gasteiger partial charge in [0.15, 0.2) is 0 Å². The lowest BCUT2D eigenvalue weighted by Crippen LogP contribution is -2.39. The molecular formula is C14H22N2O. The summed E-state index contributed by atoms with van der Waals surface area (Å²) in [7, 11) is 0. The normalized spacial score (nSPS) is 20.6. The van der Waals surface area contributed by atoms with Crippen molar-refractivity contribution < 1.29 is 4.74 Å². The molecule has 1 heterocycles. The van der Waals surface area contributed by atoms with E-state index in [2.05, 4.69) is 30.0 Å². The number of hydrogen-bond donors (Lipinski definition) is 1. The maximum absolute atomic E-state index is 5.96. The van der Waals surface area contributed by atoms with Gasteiger partial charge in [0.1, 0.15) is 0 Å². The Balaban J connectivity index is 2.08. The minimum absolute atomic E-state index is 0.372. The quantitative estimate of drug-likeness (QED) is 0.817. The molecule has 17 heavy (non-hydrogen) atoms. The van der Waals surface area contributed by atoms with E-state index in [4.69, 9.17) is 10.5 Å². The van der Waals surface area contributed by atoms with Crippen LogP contribution in [0.5, 0.6) is 0 Å². The fourth-order valence-electron chi connectivity index (χ4n) is 2.37. The predicted octanol–water partition coefficient (Wildman–Crippen LogP) is 2.58. The lowest BCUT2D eigenvalue weighted by atomic mass is 10.1. The molecule has 0 aromatic heterocycles. The first-order chi connectivity index (χ1) is 8.20. The summed E-state index contributed by atoms with van der Waals surface area (Å²) in [4.78, 5) is 2.37. The average Bonchev–Trinajstić information content (AvgIpc) is 2.33. The Morgan fingerprint density at radius 3 is 3.00 bits per heavy atom. The van der Waals surface area contributed by atoms with Crippen LogP contribution in [0.25, 0.3) is 0 Å². The Kier molecular flexibility index (Phi) is 3.89. The monoisotopic (exact) mass is 234 g/mol. The second-order valence-corrected chi connectivity index (χ2v) is 4.71. The number of hydrogen-bond acceptors (Lipinski definition) is 3. The molecule has 1 unspecified atom stereocenters. The molecule has 1 fully saturated rings. The van der Waals surface area contributed by atoms with Crippen molar-refractivity contribution in [3.63, 3.8) is 0 Å². The van der Waals surface area contributed by atoms with E-state index in [9.17, 15) is 0 Å². The van der Waals surface area contributed by atoms with Gasteiger partial charge in [-0.3, -0.25) is 0 Å². The first kappa shape index (κ1) is 12.2. The molecule has 1 atom stereocenters. The van der Waals surface area contributed by atoms with Crippen LogP contribution < -0.4 is 10.6 Å². The molecule has 1 saturated heterocycles. The van der Waals surface area contributed by atoms with Gasteiger partial charge in [0.2, 0.25) is 0 Å². The van der Waals surface area contributed by atoms with Gasteiger partial charge in [-0.05, 0) is 44.4 Å². The van der Waals surface area contributed by atoms with Crippen LogP contribution in [0.3, 0.4) is 0 Å². The fraction of sp³-hybridized carbons (Fsp3) is 0.571. The smallest absolute Gasteiger partial charge is 0.0750 e. The summed E-state index contributed by atoms with van der Waals surface area (Å²) in [6.07, 6.45) is 2.74. The van der Waals surface area contributed by atoms with E-state index in [-0.39, 0.29) is 0 Å². The van der Waals surface area contributed by atoms with Gasteiger partial charge in [0.25, 0.3) is 0 Å². The number of ether oxygens (including phenoxy) is 1. The third-order valence-electron chi connectivity index (χ3n) is 3.41. The average molecular weight is 234 g/mol. The van der Waals surface area contributed by atoms with Gasteiger partial charge in [-0.2, -0.15) is 0 Å². The number of nitrogen functional groups attached to an aromatic ring is 1. The molecule has 0 saturated carbocycles. The lowest BCUT2D eigenvalue weighted by molar-refractivity contribution is 0.0527. The van der Waals surface area contributed by atoms with Crippen molar-refractivity contribution >= 4 is 11.4 Å². The molecule has 3 heteroatoms. The SMILES string of the molecule is CCOC1CCCN(c2ccc(C)c(N)c2)C1. The molecule has 1 aliphatic heterocycles. The Morgan fingerprint density at radius 1 is 1.47 bits per heavy atom. The zero-order valence-corrected chi connectivity index (χ0v) is 10.8. The second-order valence-electron chi connectivity index (χ2n) is 4.71. The summed E-state index contributed by atoms with van der Waals surface area (Å²) in [5.74, 6) is 0. The maximum atomic E-state index is 5.96. The van der Waals surface area contributed by atoms with Crippen LogP contribution >= 0.6 is 0 Å². The largest absolute Gasteiger partial charge is 0.398 e. The van der Waals surface area contributed by atoms with Crippen LogP contribution in [0, 0.1) is 6.92 Å². The standard InChI is InChI=1S/C14H22N2O/c1-3-17-13-5-4-8-16(10-13)12-7-6-11(2)14(15)9-12/h6-7,9,13H,3-5,8,10,15H2,1-2H3. The Bertz CT molecular complexity index is 376. The number of nitrogens with two attached hydrogens (primary N) is 1. The number of piperidine rings is 1. The molecule has 1 aliphatic rings. The van der Waals surface area contributed by atoms with Crippen molar-refractivity contribution in [3.8, 4) is 0 Å². The lowest BCUT2D eigenvalue weighted by Gasteiger charge is -2.34. The Hall–Kier alpha value is -1.22.